The lowest BCUT2D eigenvalue weighted by molar-refractivity contribution is -0.151. The SMILES string of the molecule is CC1(C)NC(=O)N(CC(=O)OCC(=O)N[C@](C)(C#N)C2CC2)C1=O. The van der Waals surface area contributed by atoms with Gasteiger partial charge in [-0.1, -0.05) is 0 Å². The number of carbonyl (C=O) groups excluding carboxylic acids is 4. The molecule has 9 heteroatoms. The lowest BCUT2D eigenvalue weighted by Gasteiger charge is -2.22. The maximum absolute atomic E-state index is 11.9. The monoisotopic (exact) mass is 336 g/mol. The van der Waals surface area contributed by atoms with E-state index in [1.807, 2.05) is 0 Å². The molecule has 0 spiro atoms. The van der Waals surface area contributed by atoms with Gasteiger partial charge in [-0.05, 0) is 39.5 Å². The second kappa shape index (κ2) is 6.11. The maximum Gasteiger partial charge on any atom is 0.326 e. The van der Waals surface area contributed by atoms with Gasteiger partial charge >= 0.3 is 12.0 Å². The van der Waals surface area contributed by atoms with Crippen molar-refractivity contribution in [3.05, 3.63) is 0 Å². The zero-order valence-corrected chi connectivity index (χ0v) is 13.8. The number of nitriles is 1. The highest BCUT2D eigenvalue weighted by molar-refractivity contribution is 6.08. The molecule has 0 aromatic rings. The maximum atomic E-state index is 11.9. The van der Waals surface area contributed by atoms with Crippen molar-refractivity contribution in [2.45, 2.75) is 44.7 Å². The predicted molar refractivity (Wildman–Crippen MR) is 80.2 cm³/mol. The van der Waals surface area contributed by atoms with E-state index in [0.29, 0.717) is 0 Å². The largest absolute Gasteiger partial charge is 0.454 e. The van der Waals surface area contributed by atoms with Crippen molar-refractivity contribution in [1.29, 1.82) is 5.26 Å². The summed E-state index contributed by atoms with van der Waals surface area (Å²) in [5.41, 5.74) is -2.05. The molecule has 1 atom stereocenters. The number of hydrogen-bond donors (Lipinski definition) is 2. The van der Waals surface area contributed by atoms with E-state index in [0.717, 1.165) is 17.7 Å². The van der Waals surface area contributed by atoms with Crippen molar-refractivity contribution in [2.24, 2.45) is 5.92 Å². The molecule has 4 amide bonds. The van der Waals surface area contributed by atoms with Gasteiger partial charge in [-0.3, -0.25) is 19.3 Å². The third-order valence-corrected chi connectivity index (χ3v) is 4.12. The van der Waals surface area contributed by atoms with E-state index in [2.05, 4.69) is 16.7 Å². The molecule has 2 N–H and O–H groups in total. The number of carbonyl (C=O) groups is 4. The van der Waals surface area contributed by atoms with E-state index in [-0.39, 0.29) is 5.92 Å². The third kappa shape index (κ3) is 3.64. The molecule has 130 valence electrons. The average molecular weight is 336 g/mol. The van der Waals surface area contributed by atoms with Crippen LogP contribution < -0.4 is 10.6 Å². The lowest BCUT2D eigenvalue weighted by atomic mass is 9.98. The van der Waals surface area contributed by atoms with Crippen molar-refractivity contribution >= 4 is 23.8 Å². The molecule has 24 heavy (non-hydrogen) atoms. The molecule has 1 aliphatic carbocycles. The normalized spacial score (nSPS) is 21.5. The van der Waals surface area contributed by atoms with E-state index >= 15 is 0 Å². The molecule has 1 aliphatic heterocycles. The van der Waals surface area contributed by atoms with Crippen LogP contribution in [-0.2, 0) is 19.1 Å². The fourth-order valence-corrected chi connectivity index (χ4v) is 2.49. The zero-order valence-electron chi connectivity index (χ0n) is 13.8. The molecule has 2 aliphatic rings. The highest BCUT2D eigenvalue weighted by atomic mass is 16.5. The van der Waals surface area contributed by atoms with Gasteiger partial charge in [0.15, 0.2) is 6.61 Å². The van der Waals surface area contributed by atoms with E-state index in [4.69, 9.17) is 10.00 Å². The number of esters is 1. The van der Waals surface area contributed by atoms with Gasteiger partial charge in [0.25, 0.3) is 11.8 Å². The van der Waals surface area contributed by atoms with Gasteiger partial charge in [-0.2, -0.15) is 5.26 Å². The summed E-state index contributed by atoms with van der Waals surface area (Å²) in [6.45, 7) is 3.52. The number of nitrogens with zero attached hydrogens (tertiary/aromatic N) is 2. The van der Waals surface area contributed by atoms with Crippen molar-refractivity contribution in [3.63, 3.8) is 0 Å². The van der Waals surface area contributed by atoms with Crippen molar-refractivity contribution in [3.8, 4) is 6.07 Å². The summed E-state index contributed by atoms with van der Waals surface area (Å²) in [7, 11) is 0. The highest BCUT2D eigenvalue weighted by Gasteiger charge is 2.45. The molecular formula is C15H20N4O5. The molecule has 2 rings (SSSR count). The Morgan fingerprint density at radius 3 is 2.54 bits per heavy atom. The number of hydrogen-bond acceptors (Lipinski definition) is 6. The fraction of sp³-hybridized carbons (Fsp3) is 0.667. The molecule has 0 aromatic carbocycles. The van der Waals surface area contributed by atoms with Crippen molar-refractivity contribution in [1.82, 2.24) is 15.5 Å². The number of ether oxygens (including phenoxy) is 1. The third-order valence-electron chi connectivity index (χ3n) is 4.12. The Kier molecular flexibility index (Phi) is 4.51. The Morgan fingerprint density at radius 2 is 2.08 bits per heavy atom. The van der Waals surface area contributed by atoms with Crippen molar-refractivity contribution < 1.29 is 23.9 Å². The first-order valence-electron chi connectivity index (χ1n) is 7.61. The summed E-state index contributed by atoms with van der Waals surface area (Å²) in [4.78, 5) is 47.9. The van der Waals surface area contributed by atoms with Crippen LogP contribution in [0.1, 0.15) is 33.6 Å². The number of imide groups is 1. The zero-order chi connectivity index (χ0) is 18.1. The van der Waals surface area contributed by atoms with Crippen LogP contribution >= 0.6 is 0 Å². The molecule has 9 nitrogen and oxygen atoms in total. The van der Waals surface area contributed by atoms with Gasteiger partial charge in [-0.25, -0.2) is 4.79 Å². The first-order chi connectivity index (χ1) is 11.1. The van der Waals surface area contributed by atoms with E-state index < -0.39 is 48.0 Å². The number of urea groups is 1. The summed E-state index contributed by atoms with van der Waals surface area (Å²) in [5.74, 6) is -1.91. The number of rotatable bonds is 6. The molecule has 0 radical (unpaired) electrons. The van der Waals surface area contributed by atoms with Gasteiger partial charge in [0.2, 0.25) is 0 Å². The topological polar surface area (TPSA) is 129 Å². The summed E-state index contributed by atoms with van der Waals surface area (Å²) in [6.07, 6.45) is 1.73. The molecule has 0 bridgehead atoms. The minimum Gasteiger partial charge on any atom is -0.454 e. The van der Waals surface area contributed by atoms with Crippen LogP contribution in [0.15, 0.2) is 0 Å². The quantitative estimate of drug-likeness (QED) is 0.505. The first-order valence-corrected chi connectivity index (χ1v) is 7.61. The standard InChI is InChI=1S/C15H20N4O5/c1-14(2)12(22)19(13(23)18-14)6-11(21)24-7-10(20)17-15(3,8-16)9-4-5-9/h9H,4-7H2,1-3H3,(H,17,20)(H,18,23)/t15-/m1/s1. The summed E-state index contributed by atoms with van der Waals surface area (Å²) < 4.78 is 4.79. The van der Waals surface area contributed by atoms with Crippen LogP contribution in [0.3, 0.4) is 0 Å². The molecule has 1 heterocycles. The van der Waals surface area contributed by atoms with Crippen LogP contribution in [-0.4, -0.2) is 52.9 Å². The Hall–Kier alpha value is -2.63. The van der Waals surface area contributed by atoms with Gasteiger partial charge in [0.1, 0.15) is 17.6 Å². The van der Waals surface area contributed by atoms with Gasteiger partial charge in [0.05, 0.1) is 6.07 Å². The van der Waals surface area contributed by atoms with E-state index in [1.165, 1.54) is 13.8 Å². The first kappa shape index (κ1) is 17.7. The minimum absolute atomic E-state index is 0.107. The van der Waals surface area contributed by atoms with Crippen LogP contribution in [0.5, 0.6) is 0 Å². The lowest BCUT2D eigenvalue weighted by Crippen LogP contribution is -2.48. The molecule has 0 unspecified atom stereocenters. The Labute approximate surface area is 139 Å². The summed E-state index contributed by atoms with van der Waals surface area (Å²) in [6, 6.07) is 1.38. The Bertz CT molecular complexity index is 634. The van der Waals surface area contributed by atoms with Gasteiger partial charge in [-0.15, -0.1) is 0 Å². The summed E-state index contributed by atoms with van der Waals surface area (Å²) >= 11 is 0. The highest BCUT2D eigenvalue weighted by Crippen LogP contribution is 2.39. The molecular weight excluding hydrogens is 316 g/mol. The molecule has 1 saturated carbocycles. The minimum atomic E-state index is -1.08. The predicted octanol–water partition coefficient (Wildman–Crippen LogP) is -0.332. The number of amides is 4. The smallest absolute Gasteiger partial charge is 0.326 e. The second-order valence-corrected chi connectivity index (χ2v) is 6.74. The van der Waals surface area contributed by atoms with Crippen LogP contribution in [0.4, 0.5) is 4.79 Å². The summed E-state index contributed by atoms with van der Waals surface area (Å²) in [5, 5.41) is 14.1. The average Bonchev–Trinajstić information content (AvgIpc) is 3.31. The van der Waals surface area contributed by atoms with Crippen LogP contribution in [0.25, 0.3) is 0 Å². The Balaban J connectivity index is 1.81. The molecule has 1 saturated heterocycles. The molecule has 0 aromatic heterocycles. The van der Waals surface area contributed by atoms with Crippen LogP contribution in [0.2, 0.25) is 0 Å². The Morgan fingerprint density at radius 1 is 1.46 bits per heavy atom. The van der Waals surface area contributed by atoms with Crippen LogP contribution in [0, 0.1) is 17.2 Å². The van der Waals surface area contributed by atoms with E-state index in [9.17, 15) is 19.2 Å². The number of nitrogens with one attached hydrogen (secondary N) is 2. The van der Waals surface area contributed by atoms with Gasteiger partial charge in [0, 0.05) is 0 Å². The molecule has 2 fully saturated rings. The fourth-order valence-electron chi connectivity index (χ4n) is 2.49. The van der Waals surface area contributed by atoms with Crippen molar-refractivity contribution in [2.75, 3.05) is 13.2 Å². The second-order valence-electron chi connectivity index (χ2n) is 6.74. The van der Waals surface area contributed by atoms with Gasteiger partial charge < -0.3 is 15.4 Å². The van der Waals surface area contributed by atoms with E-state index in [1.54, 1.807) is 6.92 Å².